The Balaban J connectivity index is 2.09. The minimum atomic E-state index is -3.82. The van der Waals surface area contributed by atoms with Crippen LogP contribution in [0.1, 0.15) is 25.0 Å². The Morgan fingerprint density at radius 3 is 2.33 bits per heavy atom. The number of carbonyl (C=O) groups is 1. The van der Waals surface area contributed by atoms with Crippen molar-refractivity contribution in [2.24, 2.45) is 0 Å². The molecule has 0 aliphatic carbocycles. The molecule has 0 aliphatic rings. The van der Waals surface area contributed by atoms with Gasteiger partial charge in [0.25, 0.3) is 0 Å². The minimum absolute atomic E-state index is 0.356. The number of aryl methyl sites for hydroxylation is 1. The molecular formula is C19H23FN2O4S. The highest BCUT2D eigenvalue weighted by Crippen LogP contribution is 2.22. The zero-order valence-corrected chi connectivity index (χ0v) is 16.5. The summed E-state index contributed by atoms with van der Waals surface area (Å²) in [7, 11) is -2.27. The molecule has 2 aromatic carbocycles. The molecule has 8 heteroatoms. The quantitative estimate of drug-likeness (QED) is 0.756. The van der Waals surface area contributed by atoms with Crippen LogP contribution in [0.25, 0.3) is 0 Å². The third-order valence-corrected chi connectivity index (χ3v) is 5.46. The predicted molar refractivity (Wildman–Crippen MR) is 103 cm³/mol. The summed E-state index contributed by atoms with van der Waals surface area (Å²) in [6.45, 7) is 4.76. The molecule has 146 valence electrons. The van der Waals surface area contributed by atoms with Crippen molar-refractivity contribution in [2.75, 3.05) is 12.4 Å². The van der Waals surface area contributed by atoms with Crippen molar-refractivity contribution in [1.82, 2.24) is 4.72 Å². The van der Waals surface area contributed by atoms with E-state index >= 15 is 0 Å². The topological polar surface area (TPSA) is 84.5 Å². The molecule has 27 heavy (non-hydrogen) atoms. The van der Waals surface area contributed by atoms with Gasteiger partial charge in [0.1, 0.15) is 17.1 Å². The molecule has 0 fully saturated rings. The number of nitrogens with one attached hydrogen (secondary N) is 2. The van der Waals surface area contributed by atoms with Crippen molar-refractivity contribution in [3.63, 3.8) is 0 Å². The van der Waals surface area contributed by atoms with Gasteiger partial charge in [-0.15, -0.1) is 0 Å². The van der Waals surface area contributed by atoms with Crippen molar-refractivity contribution >= 4 is 21.6 Å². The molecule has 0 aliphatic heterocycles. The molecule has 2 N–H and O–H groups in total. The van der Waals surface area contributed by atoms with Crippen LogP contribution in [0.15, 0.2) is 42.5 Å². The van der Waals surface area contributed by atoms with Crippen LogP contribution in [0.3, 0.4) is 0 Å². The second-order valence-corrected chi connectivity index (χ2v) is 8.47. The first-order chi connectivity index (χ1) is 12.5. The van der Waals surface area contributed by atoms with Crippen molar-refractivity contribution in [2.45, 2.75) is 32.1 Å². The Kier molecular flexibility index (Phi) is 6.22. The fourth-order valence-corrected chi connectivity index (χ4v) is 4.03. The maximum Gasteiger partial charge on any atom is 0.245 e. The second-order valence-electron chi connectivity index (χ2n) is 6.75. The van der Waals surface area contributed by atoms with E-state index < -0.39 is 27.3 Å². The summed E-state index contributed by atoms with van der Waals surface area (Å²) in [6.07, 6.45) is 0. The number of amides is 1. The smallest absolute Gasteiger partial charge is 0.245 e. The highest BCUT2D eigenvalue weighted by Gasteiger charge is 2.32. The van der Waals surface area contributed by atoms with Crippen LogP contribution in [0.4, 0.5) is 10.1 Å². The van der Waals surface area contributed by atoms with Crippen LogP contribution in [0.5, 0.6) is 5.75 Å². The first-order valence-electron chi connectivity index (χ1n) is 8.24. The Morgan fingerprint density at radius 2 is 1.78 bits per heavy atom. The third kappa shape index (κ3) is 5.77. The number of carbonyl (C=O) groups excluding carboxylic acids is 1. The largest absolute Gasteiger partial charge is 0.497 e. The van der Waals surface area contributed by atoms with Gasteiger partial charge in [-0.1, -0.05) is 12.1 Å². The number of sulfonamides is 1. The lowest BCUT2D eigenvalue weighted by Crippen LogP contribution is -2.52. The molecule has 0 unspecified atom stereocenters. The van der Waals surface area contributed by atoms with Crippen LogP contribution >= 0.6 is 0 Å². The summed E-state index contributed by atoms with van der Waals surface area (Å²) in [5.41, 5.74) is 0.385. The van der Waals surface area contributed by atoms with Crippen molar-refractivity contribution in [3.8, 4) is 5.75 Å². The van der Waals surface area contributed by atoms with Crippen LogP contribution in [-0.4, -0.2) is 27.0 Å². The zero-order chi connectivity index (χ0) is 20.2. The van der Waals surface area contributed by atoms with Crippen molar-refractivity contribution in [1.29, 1.82) is 0 Å². The van der Waals surface area contributed by atoms with Gasteiger partial charge < -0.3 is 10.1 Å². The highest BCUT2D eigenvalue weighted by molar-refractivity contribution is 7.88. The van der Waals surface area contributed by atoms with E-state index in [1.54, 1.807) is 25.3 Å². The molecule has 0 bridgehead atoms. The molecule has 2 rings (SSSR count). The van der Waals surface area contributed by atoms with E-state index in [-0.39, 0.29) is 5.75 Å². The van der Waals surface area contributed by atoms with Gasteiger partial charge in [-0.2, -0.15) is 4.72 Å². The summed E-state index contributed by atoms with van der Waals surface area (Å²) in [6, 6.07) is 10.3. The Morgan fingerprint density at radius 1 is 1.15 bits per heavy atom. The van der Waals surface area contributed by atoms with E-state index in [0.29, 0.717) is 17.0 Å². The normalized spacial score (nSPS) is 11.9. The Labute approximate surface area is 158 Å². The molecular weight excluding hydrogens is 371 g/mol. The van der Waals surface area contributed by atoms with Crippen LogP contribution in [0, 0.1) is 12.7 Å². The standard InChI is InChI=1S/C19H23FN2O4S/c1-13-11-16(26-4)9-10-17(13)21-18(23)19(2,3)22-27(24,25)12-14-5-7-15(20)8-6-14/h5-11,22H,12H2,1-4H3,(H,21,23). The third-order valence-electron chi connectivity index (χ3n) is 3.93. The predicted octanol–water partition coefficient (Wildman–Crippen LogP) is 2.98. The van der Waals surface area contributed by atoms with E-state index in [0.717, 1.165) is 5.56 Å². The minimum Gasteiger partial charge on any atom is -0.497 e. The van der Waals surface area contributed by atoms with Gasteiger partial charge in [0.05, 0.1) is 12.9 Å². The van der Waals surface area contributed by atoms with E-state index in [9.17, 15) is 17.6 Å². The lowest BCUT2D eigenvalue weighted by atomic mass is 10.1. The number of methoxy groups -OCH3 is 1. The monoisotopic (exact) mass is 394 g/mol. The SMILES string of the molecule is COc1ccc(NC(=O)C(C)(C)NS(=O)(=O)Cc2ccc(F)cc2)c(C)c1. The molecule has 6 nitrogen and oxygen atoms in total. The van der Waals surface area contributed by atoms with Gasteiger partial charge >= 0.3 is 0 Å². The zero-order valence-electron chi connectivity index (χ0n) is 15.7. The molecule has 0 atom stereocenters. The van der Waals surface area contributed by atoms with Crippen LogP contribution in [0.2, 0.25) is 0 Å². The second kappa shape index (κ2) is 8.06. The van der Waals surface area contributed by atoms with E-state index in [1.807, 2.05) is 6.92 Å². The lowest BCUT2D eigenvalue weighted by molar-refractivity contribution is -0.120. The Hall–Kier alpha value is -2.45. The van der Waals surface area contributed by atoms with Gasteiger partial charge in [-0.3, -0.25) is 4.79 Å². The summed E-state index contributed by atoms with van der Waals surface area (Å²) in [5.74, 6) is -0.646. The number of anilines is 1. The number of hydrogen-bond donors (Lipinski definition) is 2. The van der Waals surface area contributed by atoms with Crippen LogP contribution < -0.4 is 14.8 Å². The first-order valence-corrected chi connectivity index (χ1v) is 9.90. The van der Waals surface area contributed by atoms with Crippen molar-refractivity contribution in [3.05, 3.63) is 59.4 Å². The summed E-state index contributed by atoms with van der Waals surface area (Å²) in [5, 5.41) is 2.72. The van der Waals surface area contributed by atoms with Gasteiger partial charge in [-0.05, 0) is 62.2 Å². The number of hydrogen-bond acceptors (Lipinski definition) is 4. The maximum absolute atomic E-state index is 13.0. The van der Waals surface area contributed by atoms with Gasteiger partial charge in [-0.25, -0.2) is 12.8 Å². The fraction of sp³-hybridized carbons (Fsp3) is 0.316. The van der Waals surface area contributed by atoms with Crippen LogP contribution in [-0.2, 0) is 20.6 Å². The first kappa shape index (κ1) is 20.9. The number of rotatable bonds is 7. The lowest BCUT2D eigenvalue weighted by Gasteiger charge is -2.25. The Bertz CT molecular complexity index is 925. The molecule has 0 heterocycles. The van der Waals surface area contributed by atoms with Gasteiger partial charge in [0, 0.05) is 5.69 Å². The number of ether oxygens (including phenoxy) is 1. The molecule has 1 amide bonds. The molecule has 0 saturated heterocycles. The van der Waals surface area contributed by atoms with Gasteiger partial charge in [0.2, 0.25) is 15.9 Å². The van der Waals surface area contributed by atoms with E-state index in [1.165, 1.54) is 38.1 Å². The highest BCUT2D eigenvalue weighted by atomic mass is 32.2. The molecule has 0 radical (unpaired) electrons. The fourth-order valence-electron chi connectivity index (χ4n) is 2.45. The van der Waals surface area contributed by atoms with E-state index in [4.69, 9.17) is 4.74 Å². The van der Waals surface area contributed by atoms with E-state index in [2.05, 4.69) is 10.0 Å². The van der Waals surface area contributed by atoms with Crippen molar-refractivity contribution < 1.29 is 22.3 Å². The average Bonchev–Trinajstić information content (AvgIpc) is 2.57. The molecule has 0 aromatic heterocycles. The average molecular weight is 394 g/mol. The summed E-state index contributed by atoms with van der Waals surface area (Å²) >= 11 is 0. The number of halogens is 1. The maximum atomic E-state index is 13.0. The van der Waals surface area contributed by atoms with Gasteiger partial charge in [0.15, 0.2) is 0 Å². The summed E-state index contributed by atoms with van der Waals surface area (Å²) in [4.78, 5) is 12.6. The number of benzene rings is 2. The molecule has 0 saturated carbocycles. The summed E-state index contributed by atoms with van der Waals surface area (Å²) < 4.78 is 45.3. The molecule has 2 aromatic rings. The molecule has 0 spiro atoms.